The fraction of sp³-hybridized carbons (Fsp3) is 0.385. The van der Waals surface area contributed by atoms with Crippen LogP contribution in [0.25, 0.3) is 11.0 Å². The molecule has 0 saturated heterocycles. The Kier molecular flexibility index (Phi) is 5.70. The van der Waals surface area contributed by atoms with Crippen LogP contribution >= 0.6 is 0 Å². The summed E-state index contributed by atoms with van der Waals surface area (Å²) in [7, 11) is 0. The number of rotatable bonds is 8. The van der Waals surface area contributed by atoms with Gasteiger partial charge in [-0.2, -0.15) is 10.2 Å². The number of fused-ring (bicyclic) bond motifs is 1. The van der Waals surface area contributed by atoms with E-state index < -0.39 is 0 Å². The number of aromatic nitrogens is 5. The van der Waals surface area contributed by atoms with Gasteiger partial charge in [0, 0.05) is 30.9 Å². The normalized spacial score (nSPS) is 14.5. The van der Waals surface area contributed by atoms with Crippen molar-refractivity contribution in [3.8, 4) is 0 Å². The predicted molar refractivity (Wildman–Crippen MR) is 128 cm³/mol. The van der Waals surface area contributed by atoms with Crippen LogP contribution < -0.4 is 5.32 Å². The van der Waals surface area contributed by atoms with E-state index in [1.54, 1.807) is 0 Å². The smallest absolute Gasteiger partial charge is 0.252 e. The number of hydrogen-bond acceptors (Lipinski definition) is 4. The number of benzene rings is 1. The minimum absolute atomic E-state index is 0.0600. The van der Waals surface area contributed by atoms with E-state index in [0.717, 1.165) is 53.1 Å². The van der Waals surface area contributed by atoms with Crippen LogP contribution in [0.3, 0.4) is 0 Å². The molecule has 1 aromatic carbocycles. The van der Waals surface area contributed by atoms with Gasteiger partial charge in [0.25, 0.3) is 5.91 Å². The molecule has 1 amide bonds. The van der Waals surface area contributed by atoms with Gasteiger partial charge in [0.15, 0.2) is 5.65 Å². The quantitative estimate of drug-likeness (QED) is 0.443. The third-order valence-corrected chi connectivity index (χ3v) is 6.20. The van der Waals surface area contributed by atoms with E-state index in [9.17, 15) is 4.79 Å². The van der Waals surface area contributed by atoms with Gasteiger partial charge >= 0.3 is 0 Å². The molecular formula is C26H30N6O. The van der Waals surface area contributed by atoms with Gasteiger partial charge in [-0.25, -0.2) is 9.67 Å². The minimum Gasteiger partial charge on any atom is -0.352 e. The van der Waals surface area contributed by atoms with Gasteiger partial charge in [-0.05, 0) is 50.3 Å². The Bertz CT molecular complexity index is 1290. The Balaban J connectivity index is 1.41. The maximum Gasteiger partial charge on any atom is 0.252 e. The van der Waals surface area contributed by atoms with Crippen molar-refractivity contribution in [1.29, 1.82) is 0 Å². The number of amides is 1. The topological polar surface area (TPSA) is 77.6 Å². The Hall–Kier alpha value is -3.48. The second kappa shape index (κ2) is 8.81. The number of pyridine rings is 1. The molecule has 33 heavy (non-hydrogen) atoms. The first-order valence-electron chi connectivity index (χ1n) is 11.7. The maximum atomic E-state index is 13.3. The van der Waals surface area contributed by atoms with Crippen LogP contribution in [-0.4, -0.2) is 37.0 Å². The molecule has 5 rings (SSSR count). The summed E-state index contributed by atoms with van der Waals surface area (Å²) in [5, 5.41) is 13.2. The van der Waals surface area contributed by atoms with Crippen molar-refractivity contribution in [1.82, 2.24) is 29.9 Å². The highest BCUT2D eigenvalue weighted by atomic mass is 16.1. The summed E-state index contributed by atoms with van der Waals surface area (Å²) in [5.74, 6) is 0.647. The molecule has 7 heteroatoms. The molecule has 1 N–H and O–H groups in total. The van der Waals surface area contributed by atoms with Crippen LogP contribution in [-0.2, 0) is 13.1 Å². The molecule has 0 unspecified atom stereocenters. The Labute approximate surface area is 193 Å². The van der Waals surface area contributed by atoms with Gasteiger partial charge in [0.05, 0.1) is 28.9 Å². The zero-order valence-electron chi connectivity index (χ0n) is 19.5. The van der Waals surface area contributed by atoms with Crippen LogP contribution in [0.2, 0.25) is 0 Å². The largest absolute Gasteiger partial charge is 0.352 e. The maximum absolute atomic E-state index is 13.3. The average Bonchev–Trinajstić information content (AvgIpc) is 3.52. The first kappa shape index (κ1) is 21.4. The van der Waals surface area contributed by atoms with Crippen molar-refractivity contribution < 1.29 is 4.79 Å². The van der Waals surface area contributed by atoms with Gasteiger partial charge < -0.3 is 5.32 Å². The van der Waals surface area contributed by atoms with Gasteiger partial charge in [-0.15, -0.1) is 0 Å². The van der Waals surface area contributed by atoms with Crippen molar-refractivity contribution >= 4 is 16.9 Å². The van der Waals surface area contributed by atoms with E-state index >= 15 is 0 Å². The third kappa shape index (κ3) is 4.67. The number of nitrogens with one attached hydrogen (secondary N) is 1. The highest BCUT2D eigenvalue weighted by Gasteiger charge is 2.29. The number of carbonyl (C=O) groups excluding carboxylic acids is 1. The Morgan fingerprint density at radius 3 is 2.64 bits per heavy atom. The molecule has 0 radical (unpaired) electrons. The van der Waals surface area contributed by atoms with E-state index in [-0.39, 0.29) is 11.8 Å². The van der Waals surface area contributed by atoms with Gasteiger partial charge in [-0.3, -0.25) is 9.48 Å². The van der Waals surface area contributed by atoms with E-state index in [4.69, 9.17) is 10.1 Å². The second-order valence-electron chi connectivity index (χ2n) is 9.29. The molecule has 7 nitrogen and oxygen atoms in total. The zero-order valence-corrected chi connectivity index (χ0v) is 19.5. The molecular weight excluding hydrogens is 412 g/mol. The summed E-state index contributed by atoms with van der Waals surface area (Å²) in [4.78, 5) is 18.3. The number of hydrogen-bond donors (Lipinski definition) is 1. The second-order valence-corrected chi connectivity index (χ2v) is 9.29. The molecule has 0 spiro atoms. The summed E-state index contributed by atoms with van der Waals surface area (Å²) in [6.07, 6.45) is 4.24. The zero-order chi connectivity index (χ0) is 22.9. The van der Waals surface area contributed by atoms with E-state index in [2.05, 4.69) is 29.5 Å². The van der Waals surface area contributed by atoms with Crippen molar-refractivity contribution in [2.75, 3.05) is 6.54 Å². The molecule has 4 aromatic rings. The summed E-state index contributed by atoms with van der Waals surface area (Å²) < 4.78 is 3.87. The van der Waals surface area contributed by atoms with Gasteiger partial charge in [-0.1, -0.05) is 37.3 Å². The van der Waals surface area contributed by atoms with Crippen molar-refractivity contribution in [3.05, 3.63) is 76.9 Å². The Morgan fingerprint density at radius 2 is 1.94 bits per heavy atom. The lowest BCUT2D eigenvalue weighted by Crippen LogP contribution is -2.30. The molecule has 1 fully saturated rings. The summed E-state index contributed by atoms with van der Waals surface area (Å²) in [6, 6.07) is 14.2. The van der Waals surface area contributed by atoms with E-state index in [1.165, 1.54) is 0 Å². The van der Waals surface area contributed by atoms with E-state index in [0.29, 0.717) is 24.6 Å². The predicted octanol–water partition coefficient (Wildman–Crippen LogP) is 4.24. The summed E-state index contributed by atoms with van der Waals surface area (Å²) >= 11 is 0. The lowest BCUT2D eigenvalue weighted by Gasteiger charge is -2.14. The monoisotopic (exact) mass is 442 g/mol. The SMILES string of the molecule is Cc1ccn(C[C@H](C)CNC(=O)c2cc(C3CC3)nc3c2c(C)nn3Cc2ccccc2)n1. The van der Waals surface area contributed by atoms with Crippen LogP contribution in [0.4, 0.5) is 0 Å². The van der Waals surface area contributed by atoms with Crippen molar-refractivity contribution in [2.45, 2.75) is 52.6 Å². The van der Waals surface area contributed by atoms with Crippen LogP contribution in [0, 0.1) is 19.8 Å². The van der Waals surface area contributed by atoms with E-state index in [1.807, 2.05) is 59.7 Å². The molecule has 1 aliphatic carbocycles. The molecule has 3 aromatic heterocycles. The number of aryl methyl sites for hydroxylation is 2. The number of carbonyl (C=O) groups is 1. The Morgan fingerprint density at radius 1 is 1.15 bits per heavy atom. The fourth-order valence-corrected chi connectivity index (χ4v) is 4.32. The lowest BCUT2D eigenvalue weighted by molar-refractivity contribution is 0.0948. The number of nitrogens with zero attached hydrogens (tertiary/aromatic N) is 5. The van der Waals surface area contributed by atoms with Crippen LogP contribution in [0.5, 0.6) is 0 Å². The first-order chi connectivity index (χ1) is 16.0. The van der Waals surface area contributed by atoms with Crippen molar-refractivity contribution in [2.24, 2.45) is 5.92 Å². The van der Waals surface area contributed by atoms with Crippen LogP contribution in [0.1, 0.15) is 58.7 Å². The standard InChI is InChI=1S/C26H30N6O/c1-17(15-31-12-11-18(2)29-31)14-27-26(33)22-13-23(21-9-10-21)28-25-24(22)19(3)30-32(25)16-20-7-5-4-6-8-20/h4-8,11-13,17,21H,9-10,14-16H2,1-3H3,(H,27,33)/t17-/m1/s1. The summed E-state index contributed by atoms with van der Waals surface area (Å²) in [6.45, 7) is 8.04. The molecule has 1 aliphatic rings. The minimum atomic E-state index is -0.0600. The average molecular weight is 443 g/mol. The summed E-state index contributed by atoms with van der Waals surface area (Å²) in [5.41, 5.74) is 5.48. The molecule has 1 saturated carbocycles. The third-order valence-electron chi connectivity index (χ3n) is 6.20. The lowest BCUT2D eigenvalue weighted by atomic mass is 10.1. The molecule has 3 heterocycles. The highest BCUT2D eigenvalue weighted by molar-refractivity contribution is 6.06. The van der Waals surface area contributed by atoms with Gasteiger partial charge in [0.1, 0.15) is 0 Å². The van der Waals surface area contributed by atoms with Crippen LogP contribution in [0.15, 0.2) is 48.7 Å². The molecule has 0 bridgehead atoms. The fourth-order valence-electron chi connectivity index (χ4n) is 4.32. The molecule has 1 atom stereocenters. The van der Waals surface area contributed by atoms with Crippen molar-refractivity contribution in [3.63, 3.8) is 0 Å². The van der Waals surface area contributed by atoms with Gasteiger partial charge in [0.2, 0.25) is 0 Å². The highest BCUT2D eigenvalue weighted by Crippen LogP contribution is 2.40. The molecule has 170 valence electrons. The first-order valence-corrected chi connectivity index (χ1v) is 11.7. The molecule has 0 aliphatic heterocycles.